The van der Waals surface area contributed by atoms with Crippen LogP contribution in [0.3, 0.4) is 0 Å². The Balaban J connectivity index is 2.11. The van der Waals surface area contributed by atoms with E-state index >= 15 is 0 Å². The zero-order valence-corrected chi connectivity index (χ0v) is 10.0. The minimum Gasteiger partial charge on any atom is -0.462 e. The van der Waals surface area contributed by atoms with Crippen LogP contribution in [0.5, 0.6) is 5.75 Å². The summed E-state index contributed by atoms with van der Waals surface area (Å²) in [4.78, 5) is 0. The normalized spacial score (nSPS) is 35.5. The molecule has 5 unspecified atom stereocenters. The highest BCUT2D eigenvalue weighted by atomic mass is 16.6. The number of ether oxygens (including phenoxy) is 1. The van der Waals surface area contributed by atoms with Gasteiger partial charge in [0.2, 0.25) is 6.29 Å². The highest BCUT2D eigenvalue weighted by molar-refractivity contribution is 5.41. The zero-order chi connectivity index (χ0) is 14.2. The summed E-state index contributed by atoms with van der Waals surface area (Å²) in [6.07, 6.45) is -4.68. The van der Waals surface area contributed by atoms with Crippen molar-refractivity contribution >= 4 is 5.69 Å². The molecule has 0 aliphatic heterocycles. The molecule has 1 aliphatic rings. The third kappa shape index (κ3) is 2.15. The average molecular weight is 271 g/mol. The average Bonchev–Trinajstić information content (AvgIpc) is 2.41. The van der Waals surface area contributed by atoms with E-state index in [0.29, 0.717) is 5.69 Å². The molecule has 0 radical (unpaired) electrons. The molecule has 2 rings (SSSR count). The molecule has 0 aromatic heterocycles. The maximum atomic E-state index is 10.1. The molecule has 5 atom stereocenters. The Morgan fingerprint density at radius 1 is 1.26 bits per heavy atom. The summed E-state index contributed by atoms with van der Waals surface area (Å²) in [6, 6.07) is 6.05. The molecule has 1 aliphatic carbocycles. The summed E-state index contributed by atoms with van der Waals surface area (Å²) in [5.74, 6) is -0.841. The van der Waals surface area contributed by atoms with Gasteiger partial charge in [-0.05, 0) is 24.3 Å². The largest absolute Gasteiger partial charge is 0.462 e. The number of rotatable bonds is 4. The zero-order valence-electron chi connectivity index (χ0n) is 10.0. The topological polar surface area (TPSA) is 136 Å². The Morgan fingerprint density at radius 3 is 2.37 bits per heavy atom. The van der Waals surface area contributed by atoms with E-state index in [0.717, 1.165) is 0 Å². The Labute approximate surface area is 109 Å². The van der Waals surface area contributed by atoms with Crippen molar-refractivity contribution in [1.29, 1.82) is 0 Å². The van der Waals surface area contributed by atoms with Gasteiger partial charge in [0.25, 0.3) is 0 Å². The fraction of sp³-hybridized carbons (Fsp3) is 0.500. The highest BCUT2D eigenvalue weighted by Crippen LogP contribution is 2.42. The molecule has 19 heavy (non-hydrogen) atoms. The van der Waals surface area contributed by atoms with Gasteiger partial charge in [0, 0.05) is 11.6 Å². The number of aliphatic hydroxyl groups excluding tert-OH is 4. The van der Waals surface area contributed by atoms with Crippen LogP contribution in [0.25, 0.3) is 0 Å². The van der Waals surface area contributed by atoms with Crippen LogP contribution in [-0.4, -0.2) is 56.2 Å². The molecule has 1 saturated carbocycles. The van der Waals surface area contributed by atoms with Gasteiger partial charge in [0.05, 0.1) is 12.7 Å². The predicted molar refractivity (Wildman–Crippen MR) is 65.0 cm³/mol. The standard InChI is InChI=1S/C12H17NO6/c13-6-1-3-7(4-2-6)19-11(17)12(18)8(5-14)9(15)10(12)16/h1-4,8-11,14-18H,5,13H2. The third-order valence-electron chi connectivity index (χ3n) is 3.52. The summed E-state index contributed by atoms with van der Waals surface area (Å²) >= 11 is 0. The van der Waals surface area contributed by atoms with Crippen molar-refractivity contribution in [3.05, 3.63) is 24.3 Å². The summed E-state index contributed by atoms with van der Waals surface area (Å²) in [6.45, 7) is -0.586. The van der Waals surface area contributed by atoms with Gasteiger partial charge in [-0.1, -0.05) is 0 Å². The first-order valence-electron chi connectivity index (χ1n) is 5.81. The monoisotopic (exact) mass is 271 g/mol. The fourth-order valence-electron chi connectivity index (χ4n) is 2.22. The van der Waals surface area contributed by atoms with Crippen molar-refractivity contribution in [1.82, 2.24) is 0 Å². The number of benzene rings is 1. The van der Waals surface area contributed by atoms with Gasteiger partial charge in [-0.25, -0.2) is 0 Å². The van der Waals surface area contributed by atoms with Crippen molar-refractivity contribution in [2.24, 2.45) is 5.92 Å². The molecular weight excluding hydrogens is 254 g/mol. The van der Waals surface area contributed by atoms with Gasteiger partial charge < -0.3 is 36.0 Å². The summed E-state index contributed by atoms with van der Waals surface area (Å²) in [5.41, 5.74) is 3.88. The molecule has 1 aromatic rings. The quantitative estimate of drug-likeness (QED) is 0.276. The van der Waals surface area contributed by atoms with E-state index in [1.807, 2.05) is 0 Å². The van der Waals surface area contributed by atoms with Crippen LogP contribution in [0.1, 0.15) is 0 Å². The molecule has 0 saturated heterocycles. The first kappa shape index (κ1) is 14.0. The number of hydrogen-bond acceptors (Lipinski definition) is 7. The van der Waals surface area contributed by atoms with E-state index in [9.17, 15) is 20.4 Å². The summed E-state index contributed by atoms with van der Waals surface area (Å²) in [5, 5.41) is 48.0. The van der Waals surface area contributed by atoms with E-state index < -0.39 is 36.6 Å². The molecule has 1 fully saturated rings. The minimum atomic E-state index is -2.12. The molecule has 0 bridgehead atoms. The van der Waals surface area contributed by atoms with Crippen LogP contribution >= 0.6 is 0 Å². The first-order valence-corrected chi connectivity index (χ1v) is 5.81. The van der Waals surface area contributed by atoms with Crippen LogP contribution in [0.2, 0.25) is 0 Å². The van der Waals surface area contributed by atoms with Gasteiger partial charge in [0.1, 0.15) is 11.9 Å². The molecule has 0 spiro atoms. The second-order valence-corrected chi connectivity index (χ2v) is 4.65. The number of nitrogen functional groups attached to an aromatic ring is 1. The van der Waals surface area contributed by atoms with E-state index in [4.69, 9.17) is 15.6 Å². The Bertz CT molecular complexity index is 438. The molecule has 7 N–H and O–H groups in total. The summed E-state index contributed by atoms with van der Waals surface area (Å²) < 4.78 is 5.09. The number of nitrogens with two attached hydrogens (primary N) is 1. The minimum absolute atomic E-state index is 0.236. The lowest BCUT2D eigenvalue weighted by molar-refractivity contribution is -0.332. The first-order chi connectivity index (χ1) is 8.91. The molecule has 1 aromatic carbocycles. The van der Waals surface area contributed by atoms with E-state index in [-0.39, 0.29) is 5.75 Å². The second kappa shape index (κ2) is 4.95. The van der Waals surface area contributed by atoms with Crippen LogP contribution in [-0.2, 0) is 0 Å². The lowest BCUT2D eigenvalue weighted by Gasteiger charge is -2.53. The van der Waals surface area contributed by atoms with Crippen LogP contribution in [0.4, 0.5) is 5.69 Å². The van der Waals surface area contributed by atoms with Crippen LogP contribution in [0, 0.1) is 5.92 Å². The van der Waals surface area contributed by atoms with E-state index in [2.05, 4.69) is 0 Å². The molecular formula is C12H17NO6. The molecule has 7 heteroatoms. The maximum absolute atomic E-state index is 10.1. The van der Waals surface area contributed by atoms with Crippen molar-refractivity contribution < 1.29 is 30.3 Å². The Morgan fingerprint density at radius 2 is 1.84 bits per heavy atom. The predicted octanol–water partition coefficient (Wildman–Crippen LogP) is -1.96. The van der Waals surface area contributed by atoms with E-state index in [1.54, 1.807) is 12.1 Å². The summed E-state index contributed by atoms with van der Waals surface area (Å²) in [7, 11) is 0. The fourth-order valence-corrected chi connectivity index (χ4v) is 2.22. The maximum Gasteiger partial charge on any atom is 0.229 e. The highest BCUT2D eigenvalue weighted by Gasteiger charge is 2.65. The number of aliphatic hydroxyl groups is 5. The van der Waals surface area contributed by atoms with Crippen molar-refractivity contribution in [3.63, 3.8) is 0 Å². The van der Waals surface area contributed by atoms with E-state index in [1.165, 1.54) is 12.1 Å². The van der Waals surface area contributed by atoms with Gasteiger partial charge >= 0.3 is 0 Å². The molecule has 0 heterocycles. The van der Waals surface area contributed by atoms with Crippen molar-refractivity contribution in [2.45, 2.75) is 24.1 Å². The number of hydrogen-bond donors (Lipinski definition) is 6. The van der Waals surface area contributed by atoms with Crippen molar-refractivity contribution in [2.75, 3.05) is 12.3 Å². The van der Waals surface area contributed by atoms with Crippen LogP contribution in [0.15, 0.2) is 24.3 Å². The molecule has 0 amide bonds. The van der Waals surface area contributed by atoms with Crippen LogP contribution < -0.4 is 10.5 Å². The van der Waals surface area contributed by atoms with Gasteiger partial charge in [0.15, 0.2) is 5.60 Å². The SMILES string of the molecule is Nc1ccc(OC(O)C2(O)C(O)C(O)C2CO)cc1. The third-order valence-corrected chi connectivity index (χ3v) is 3.52. The smallest absolute Gasteiger partial charge is 0.229 e. The van der Waals surface area contributed by atoms with Crippen molar-refractivity contribution in [3.8, 4) is 5.75 Å². The molecule has 7 nitrogen and oxygen atoms in total. The lowest BCUT2D eigenvalue weighted by atomic mass is 9.64. The lowest BCUT2D eigenvalue weighted by Crippen LogP contribution is -2.76. The second-order valence-electron chi connectivity index (χ2n) is 4.65. The van der Waals surface area contributed by atoms with Gasteiger partial charge in [-0.2, -0.15) is 0 Å². The Hall–Kier alpha value is -1.38. The Kier molecular flexibility index (Phi) is 3.66. The molecule has 106 valence electrons. The van der Waals surface area contributed by atoms with Gasteiger partial charge in [-0.15, -0.1) is 0 Å². The number of anilines is 1. The van der Waals surface area contributed by atoms with Gasteiger partial charge in [-0.3, -0.25) is 0 Å².